The van der Waals surface area contributed by atoms with E-state index in [1.807, 2.05) is 17.5 Å². The summed E-state index contributed by atoms with van der Waals surface area (Å²) < 4.78 is 20.8. The van der Waals surface area contributed by atoms with Gasteiger partial charge in [-0.2, -0.15) is 0 Å². The van der Waals surface area contributed by atoms with Crippen LogP contribution in [0.15, 0.2) is 52.8 Å². The van der Waals surface area contributed by atoms with Crippen LogP contribution in [0.2, 0.25) is 5.02 Å². The predicted octanol–water partition coefficient (Wildman–Crippen LogP) is 4.47. The van der Waals surface area contributed by atoms with Crippen molar-refractivity contribution in [2.24, 2.45) is 10.7 Å². The van der Waals surface area contributed by atoms with E-state index >= 15 is 0 Å². The summed E-state index contributed by atoms with van der Waals surface area (Å²) in [6, 6.07) is 12.0. The number of aromatic nitrogens is 1. The molecule has 0 fully saturated rings. The third-order valence-corrected chi connectivity index (χ3v) is 5.29. The van der Waals surface area contributed by atoms with Crippen molar-refractivity contribution < 1.29 is 9.13 Å². The number of thiazole rings is 1. The molecule has 0 radical (unpaired) electrons. The normalized spacial score (nSPS) is 11.8. The van der Waals surface area contributed by atoms with Crippen LogP contribution in [-0.4, -0.2) is 18.2 Å². The number of rotatable bonds is 7. The SMILES string of the molecule is COc1cc(Cl)ccc1C/N=c1\scc(-c2ccc(F)cc2)n1CCCN. The highest BCUT2D eigenvalue weighted by Gasteiger charge is 2.09. The Labute approximate surface area is 166 Å². The molecule has 2 N–H and O–H groups in total. The highest BCUT2D eigenvalue weighted by molar-refractivity contribution is 7.07. The summed E-state index contributed by atoms with van der Waals surface area (Å²) in [5.74, 6) is 0.470. The average molecular weight is 406 g/mol. The van der Waals surface area contributed by atoms with Gasteiger partial charge in [0.1, 0.15) is 11.6 Å². The van der Waals surface area contributed by atoms with Gasteiger partial charge in [0.05, 0.1) is 19.3 Å². The van der Waals surface area contributed by atoms with Gasteiger partial charge in [0, 0.05) is 22.5 Å². The van der Waals surface area contributed by atoms with E-state index in [9.17, 15) is 4.39 Å². The fourth-order valence-corrected chi connectivity index (χ4v) is 3.87. The fourth-order valence-electron chi connectivity index (χ4n) is 2.77. The Morgan fingerprint density at radius 2 is 2.00 bits per heavy atom. The van der Waals surface area contributed by atoms with Gasteiger partial charge in [-0.05, 0) is 54.9 Å². The topological polar surface area (TPSA) is 52.5 Å². The fraction of sp³-hybridized carbons (Fsp3) is 0.250. The first-order valence-corrected chi connectivity index (χ1v) is 9.85. The minimum Gasteiger partial charge on any atom is -0.496 e. The molecule has 0 aliphatic heterocycles. The minimum absolute atomic E-state index is 0.248. The molecule has 1 aromatic heterocycles. The smallest absolute Gasteiger partial charge is 0.185 e. The summed E-state index contributed by atoms with van der Waals surface area (Å²) in [4.78, 5) is 5.66. The van der Waals surface area contributed by atoms with Gasteiger partial charge in [-0.1, -0.05) is 17.7 Å². The molecule has 7 heteroatoms. The molecule has 0 aliphatic rings. The van der Waals surface area contributed by atoms with Crippen LogP contribution in [0, 0.1) is 5.82 Å². The van der Waals surface area contributed by atoms with Gasteiger partial charge in [-0.25, -0.2) is 4.39 Å². The largest absolute Gasteiger partial charge is 0.496 e. The number of nitrogens with zero attached hydrogens (tertiary/aromatic N) is 2. The Bertz CT molecular complexity index is 966. The second-order valence-corrected chi connectivity index (χ2v) is 7.25. The molecule has 1 heterocycles. The van der Waals surface area contributed by atoms with Gasteiger partial charge in [0.15, 0.2) is 4.80 Å². The molecule has 0 atom stereocenters. The summed E-state index contributed by atoms with van der Waals surface area (Å²) in [5, 5.41) is 2.67. The Balaban J connectivity index is 1.97. The second kappa shape index (κ2) is 9.17. The molecule has 3 rings (SSSR count). The number of hydrogen-bond acceptors (Lipinski definition) is 4. The van der Waals surface area contributed by atoms with E-state index in [-0.39, 0.29) is 5.82 Å². The van der Waals surface area contributed by atoms with E-state index in [4.69, 9.17) is 27.1 Å². The van der Waals surface area contributed by atoms with Gasteiger partial charge < -0.3 is 15.0 Å². The number of methoxy groups -OCH3 is 1. The highest BCUT2D eigenvalue weighted by Crippen LogP contribution is 2.24. The Kier molecular flexibility index (Phi) is 6.66. The maximum Gasteiger partial charge on any atom is 0.185 e. The van der Waals surface area contributed by atoms with E-state index in [1.54, 1.807) is 36.6 Å². The molecule has 2 aromatic carbocycles. The lowest BCUT2D eigenvalue weighted by Gasteiger charge is -2.09. The van der Waals surface area contributed by atoms with Gasteiger partial charge in [-0.3, -0.25) is 4.99 Å². The number of hydrogen-bond donors (Lipinski definition) is 1. The van der Waals surface area contributed by atoms with Crippen LogP contribution < -0.4 is 15.3 Å². The van der Waals surface area contributed by atoms with E-state index in [0.717, 1.165) is 40.3 Å². The zero-order valence-corrected chi connectivity index (χ0v) is 16.6. The van der Waals surface area contributed by atoms with Crippen LogP contribution in [0.3, 0.4) is 0 Å². The van der Waals surface area contributed by atoms with E-state index < -0.39 is 0 Å². The van der Waals surface area contributed by atoms with Crippen molar-refractivity contribution in [3.63, 3.8) is 0 Å². The van der Waals surface area contributed by atoms with Crippen molar-refractivity contribution >= 4 is 22.9 Å². The second-order valence-electron chi connectivity index (χ2n) is 5.98. The quantitative estimate of drug-likeness (QED) is 0.630. The van der Waals surface area contributed by atoms with Crippen molar-refractivity contribution in [3.8, 4) is 17.0 Å². The maximum absolute atomic E-state index is 13.3. The molecule has 0 saturated carbocycles. The number of ether oxygens (including phenoxy) is 1. The molecule has 0 spiro atoms. The molecule has 0 aliphatic carbocycles. The predicted molar refractivity (Wildman–Crippen MR) is 109 cm³/mol. The molecule has 142 valence electrons. The van der Waals surface area contributed by atoms with Gasteiger partial charge in [-0.15, -0.1) is 11.3 Å². The highest BCUT2D eigenvalue weighted by atomic mass is 35.5. The lowest BCUT2D eigenvalue weighted by Crippen LogP contribution is -2.18. The third-order valence-electron chi connectivity index (χ3n) is 4.16. The first-order valence-electron chi connectivity index (χ1n) is 8.59. The zero-order chi connectivity index (χ0) is 19.2. The van der Waals surface area contributed by atoms with Crippen LogP contribution in [0.1, 0.15) is 12.0 Å². The first kappa shape index (κ1) is 19.6. The van der Waals surface area contributed by atoms with E-state index in [0.29, 0.717) is 18.1 Å². The Morgan fingerprint density at radius 1 is 1.22 bits per heavy atom. The zero-order valence-electron chi connectivity index (χ0n) is 15.0. The molecule has 3 aromatic rings. The molecular weight excluding hydrogens is 385 g/mol. The lowest BCUT2D eigenvalue weighted by molar-refractivity contribution is 0.409. The average Bonchev–Trinajstić information content (AvgIpc) is 3.08. The van der Waals surface area contributed by atoms with Crippen molar-refractivity contribution in [3.05, 3.63) is 69.0 Å². The summed E-state index contributed by atoms with van der Waals surface area (Å²) in [6.45, 7) is 1.83. The molecule has 0 unspecified atom stereocenters. The maximum atomic E-state index is 13.3. The Morgan fingerprint density at radius 3 is 2.70 bits per heavy atom. The molecular formula is C20H21ClFN3OS. The lowest BCUT2D eigenvalue weighted by atomic mass is 10.1. The summed E-state index contributed by atoms with van der Waals surface area (Å²) >= 11 is 7.58. The minimum atomic E-state index is -0.248. The van der Waals surface area contributed by atoms with Crippen LogP contribution >= 0.6 is 22.9 Å². The number of benzene rings is 2. The number of halogens is 2. The van der Waals surface area contributed by atoms with Crippen molar-refractivity contribution in [1.82, 2.24) is 4.57 Å². The summed E-state index contributed by atoms with van der Waals surface area (Å²) in [6.07, 6.45) is 0.836. The third kappa shape index (κ3) is 4.77. The molecule has 0 saturated heterocycles. The van der Waals surface area contributed by atoms with Gasteiger partial charge in [0.25, 0.3) is 0 Å². The first-order chi connectivity index (χ1) is 13.1. The van der Waals surface area contributed by atoms with Gasteiger partial charge >= 0.3 is 0 Å². The summed E-state index contributed by atoms with van der Waals surface area (Å²) in [5.41, 5.74) is 8.63. The van der Waals surface area contributed by atoms with Crippen LogP contribution in [0.25, 0.3) is 11.3 Å². The standard InChI is InChI=1S/C20H21ClFN3OS/c1-26-19-11-16(21)6-3-15(19)12-24-20-25(10-2-9-23)18(13-27-20)14-4-7-17(22)8-5-14/h3-8,11,13H,2,9-10,12,23H2,1H3/b24-20-. The van der Waals surface area contributed by atoms with Crippen LogP contribution in [0.4, 0.5) is 4.39 Å². The van der Waals surface area contributed by atoms with E-state index in [2.05, 4.69) is 4.57 Å². The van der Waals surface area contributed by atoms with Gasteiger partial charge in [0.2, 0.25) is 0 Å². The van der Waals surface area contributed by atoms with Crippen LogP contribution in [-0.2, 0) is 13.1 Å². The van der Waals surface area contributed by atoms with Crippen molar-refractivity contribution in [2.75, 3.05) is 13.7 Å². The summed E-state index contributed by atoms with van der Waals surface area (Å²) in [7, 11) is 1.62. The molecule has 27 heavy (non-hydrogen) atoms. The Hall–Kier alpha value is -2.15. The van der Waals surface area contributed by atoms with Crippen LogP contribution in [0.5, 0.6) is 5.75 Å². The molecule has 4 nitrogen and oxygen atoms in total. The molecule has 0 amide bonds. The molecule has 0 bridgehead atoms. The van der Waals surface area contributed by atoms with Crippen molar-refractivity contribution in [1.29, 1.82) is 0 Å². The van der Waals surface area contributed by atoms with E-state index in [1.165, 1.54) is 12.1 Å². The van der Waals surface area contributed by atoms with Crippen molar-refractivity contribution in [2.45, 2.75) is 19.5 Å². The number of nitrogens with two attached hydrogens (primary N) is 1. The monoisotopic (exact) mass is 405 g/mol.